The molecule has 0 unspecified atom stereocenters. The lowest BCUT2D eigenvalue weighted by molar-refractivity contribution is -0.125. The molecule has 2 aromatic rings. The molecule has 2 heterocycles. The monoisotopic (exact) mass is 383 g/mol. The van der Waals surface area contributed by atoms with Crippen LogP contribution in [0.3, 0.4) is 0 Å². The summed E-state index contributed by atoms with van der Waals surface area (Å²) in [5.41, 5.74) is 1.94. The van der Waals surface area contributed by atoms with Gasteiger partial charge in [-0.05, 0) is 41.8 Å². The summed E-state index contributed by atoms with van der Waals surface area (Å²) in [5, 5.41) is 2.83. The average molecular weight is 383 g/mol. The maximum atomic E-state index is 12.1. The van der Waals surface area contributed by atoms with E-state index in [0.29, 0.717) is 36.6 Å². The molecule has 2 aliphatic rings. The van der Waals surface area contributed by atoms with Crippen LogP contribution in [0.4, 0.5) is 0 Å². The van der Waals surface area contributed by atoms with Crippen LogP contribution in [0.15, 0.2) is 36.4 Å². The third-order valence-corrected chi connectivity index (χ3v) is 4.69. The molecule has 2 aromatic carbocycles. The lowest BCUT2D eigenvalue weighted by Crippen LogP contribution is -2.23. The Morgan fingerprint density at radius 1 is 0.750 bits per heavy atom. The van der Waals surface area contributed by atoms with Gasteiger partial charge in [-0.1, -0.05) is 12.1 Å². The molecule has 0 saturated carbocycles. The lowest BCUT2D eigenvalue weighted by atomic mass is 10.0. The van der Waals surface area contributed by atoms with Gasteiger partial charge in [-0.3, -0.25) is 9.59 Å². The van der Waals surface area contributed by atoms with Crippen molar-refractivity contribution in [1.29, 1.82) is 0 Å². The Morgan fingerprint density at radius 2 is 1.36 bits per heavy atom. The zero-order valence-corrected chi connectivity index (χ0v) is 15.4. The Labute approximate surface area is 162 Å². The van der Waals surface area contributed by atoms with Gasteiger partial charge in [-0.25, -0.2) is 0 Å². The molecule has 0 saturated heterocycles. The predicted octanol–water partition coefficient (Wildman–Crippen LogP) is 2.74. The van der Waals surface area contributed by atoms with Crippen molar-refractivity contribution in [3.63, 3.8) is 0 Å². The Morgan fingerprint density at radius 3 is 2.07 bits per heavy atom. The third kappa shape index (κ3) is 4.36. The number of Topliss-reactive ketones (excluding diaryl/α,β-unsaturated/α-hetero) is 1. The molecule has 7 nitrogen and oxygen atoms in total. The van der Waals surface area contributed by atoms with E-state index in [9.17, 15) is 9.59 Å². The fourth-order valence-corrected chi connectivity index (χ4v) is 3.10. The first-order valence-corrected chi connectivity index (χ1v) is 9.23. The van der Waals surface area contributed by atoms with Gasteiger partial charge in [-0.2, -0.15) is 0 Å². The quantitative estimate of drug-likeness (QED) is 0.755. The average Bonchev–Trinajstić information content (AvgIpc) is 3.37. The Kier molecular flexibility index (Phi) is 5.32. The number of nitrogens with one attached hydrogen (secondary N) is 1. The van der Waals surface area contributed by atoms with E-state index in [4.69, 9.17) is 18.9 Å². The molecule has 7 heteroatoms. The van der Waals surface area contributed by atoms with Gasteiger partial charge < -0.3 is 24.3 Å². The molecule has 0 aliphatic carbocycles. The highest BCUT2D eigenvalue weighted by molar-refractivity contribution is 5.85. The van der Waals surface area contributed by atoms with E-state index in [1.54, 1.807) is 0 Å². The van der Waals surface area contributed by atoms with E-state index in [1.807, 2.05) is 36.4 Å². The Balaban J connectivity index is 1.17. The number of benzene rings is 2. The van der Waals surface area contributed by atoms with Crippen molar-refractivity contribution in [2.45, 2.75) is 32.2 Å². The fraction of sp³-hybridized carbons (Fsp3) is 0.333. The summed E-state index contributed by atoms with van der Waals surface area (Å²) in [4.78, 5) is 24.1. The first kappa shape index (κ1) is 18.2. The third-order valence-electron chi connectivity index (χ3n) is 4.69. The zero-order chi connectivity index (χ0) is 19.3. The molecule has 0 aromatic heterocycles. The van der Waals surface area contributed by atoms with Crippen LogP contribution in [0.5, 0.6) is 23.0 Å². The van der Waals surface area contributed by atoms with Crippen LogP contribution in [0.25, 0.3) is 0 Å². The highest BCUT2D eigenvalue weighted by atomic mass is 16.7. The molecule has 1 N–H and O–H groups in total. The molecular formula is C21H21NO6. The van der Waals surface area contributed by atoms with E-state index in [2.05, 4.69) is 5.32 Å². The topological polar surface area (TPSA) is 83.1 Å². The molecule has 0 radical (unpaired) electrons. The number of fused-ring (bicyclic) bond motifs is 2. The van der Waals surface area contributed by atoms with Crippen LogP contribution in [-0.2, 0) is 22.6 Å². The number of carbonyl (C=O) groups excluding carboxylic acids is 2. The minimum absolute atomic E-state index is 0.0656. The van der Waals surface area contributed by atoms with Gasteiger partial charge in [0.1, 0.15) is 5.78 Å². The molecule has 4 rings (SSSR count). The standard InChI is InChI=1S/C21H21NO6/c23-16(4-1-14-2-6-17-19(9-14)27-12-25-17)5-8-21(24)22-11-15-3-7-18-20(10-15)28-13-26-18/h2-3,6-7,9-10H,1,4-5,8,11-13H2,(H,22,24). The summed E-state index contributed by atoms with van der Waals surface area (Å²) in [7, 11) is 0. The van der Waals surface area contributed by atoms with Gasteiger partial charge in [0.15, 0.2) is 23.0 Å². The molecule has 0 atom stereocenters. The zero-order valence-electron chi connectivity index (χ0n) is 15.4. The lowest BCUT2D eigenvalue weighted by Gasteiger charge is -2.06. The molecule has 0 fully saturated rings. The van der Waals surface area contributed by atoms with Crippen LogP contribution in [0, 0.1) is 0 Å². The van der Waals surface area contributed by atoms with Gasteiger partial charge >= 0.3 is 0 Å². The second-order valence-corrected chi connectivity index (χ2v) is 6.69. The summed E-state index contributed by atoms with van der Waals surface area (Å²) in [5.74, 6) is 2.76. The van der Waals surface area contributed by atoms with Gasteiger partial charge in [0, 0.05) is 25.8 Å². The second kappa shape index (κ2) is 8.21. The van der Waals surface area contributed by atoms with Crippen molar-refractivity contribution >= 4 is 11.7 Å². The number of carbonyl (C=O) groups is 2. The Bertz CT molecular complexity index is 821. The number of amides is 1. The van der Waals surface area contributed by atoms with Crippen molar-refractivity contribution < 1.29 is 28.5 Å². The Hall–Kier alpha value is -3.22. The molecule has 146 valence electrons. The first-order valence-electron chi connectivity index (χ1n) is 9.23. The van der Waals surface area contributed by atoms with Crippen molar-refractivity contribution in [2.75, 3.05) is 13.6 Å². The van der Waals surface area contributed by atoms with Crippen LogP contribution >= 0.6 is 0 Å². The predicted molar refractivity (Wildman–Crippen MR) is 99.5 cm³/mol. The van der Waals surface area contributed by atoms with Crippen LogP contribution in [0.1, 0.15) is 30.4 Å². The highest BCUT2D eigenvalue weighted by Gasteiger charge is 2.15. The summed E-state index contributed by atoms with van der Waals surface area (Å²) in [6, 6.07) is 11.2. The van der Waals surface area contributed by atoms with E-state index in [1.165, 1.54) is 0 Å². The maximum Gasteiger partial charge on any atom is 0.231 e. The fourth-order valence-electron chi connectivity index (χ4n) is 3.10. The van der Waals surface area contributed by atoms with Crippen LogP contribution < -0.4 is 24.3 Å². The molecule has 28 heavy (non-hydrogen) atoms. The summed E-state index contributed by atoms with van der Waals surface area (Å²) in [6.07, 6.45) is 1.44. The molecule has 0 bridgehead atoms. The molecule has 2 aliphatic heterocycles. The summed E-state index contributed by atoms with van der Waals surface area (Å²) < 4.78 is 21.2. The minimum Gasteiger partial charge on any atom is -0.454 e. The number of hydrogen-bond donors (Lipinski definition) is 1. The van der Waals surface area contributed by atoms with Crippen LogP contribution in [0.2, 0.25) is 0 Å². The van der Waals surface area contributed by atoms with Gasteiger partial charge in [-0.15, -0.1) is 0 Å². The molecular weight excluding hydrogens is 362 g/mol. The number of ether oxygens (including phenoxy) is 4. The SMILES string of the molecule is O=C(CCC(=O)NCc1ccc2c(c1)OCO2)CCc1ccc2c(c1)OCO2. The van der Waals surface area contributed by atoms with Crippen LogP contribution in [-0.4, -0.2) is 25.3 Å². The number of aryl methyl sites for hydroxylation is 1. The van der Waals surface area contributed by atoms with Crippen molar-refractivity contribution in [3.8, 4) is 23.0 Å². The number of hydrogen-bond acceptors (Lipinski definition) is 6. The van der Waals surface area contributed by atoms with Gasteiger partial charge in [0.25, 0.3) is 0 Å². The number of rotatable bonds is 8. The van der Waals surface area contributed by atoms with E-state index >= 15 is 0 Å². The molecule has 0 spiro atoms. The minimum atomic E-state index is -0.144. The van der Waals surface area contributed by atoms with Crippen molar-refractivity contribution in [2.24, 2.45) is 0 Å². The smallest absolute Gasteiger partial charge is 0.231 e. The normalized spacial score (nSPS) is 13.4. The van der Waals surface area contributed by atoms with E-state index < -0.39 is 0 Å². The van der Waals surface area contributed by atoms with Crippen molar-refractivity contribution in [1.82, 2.24) is 5.32 Å². The summed E-state index contributed by atoms with van der Waals surface area (Å²) in [6.45, 7) is 0.847. The van der Waals surface area contributed by atoms with E-state index in [-0.39, 0.29) is 38.1 Å². The highest BCUT2D eigenvalue weighted by Crippen LogP contribution is 2.33. The second-order valence-electron chi connectivity index (χ2n) is 6.69. The first-order chi connectivity index (χ1) is 13.7. The molecule has 1 amide bonds. The summed E-state index contributed by atoms with van der Waals surface area (Å²) >= 11 is 0. The number of ketones is 1. The van der Waals surface area contributed by atoms with E-state index in [0.717, 1.165) is 16.9 Å². The maximum absolute atomic E-state index is 12.1. The van der Waals surface area contributed by atoms with Gasteiger partial charge in [0.2, 0.25) is 19.5 Å². The van der Waals surface area contributed by atoms with Crippen molar-refractivity contribution in [3.05, 3.63) is 47.5 Å². The van der Waals surface area contributed by atoms with Gasteiger partial charge in [0.05, 0.1) is 0 Å². The largest absolute Gasteiger partial charge is 0.454 e.